The number of carbonyl (C=O) groups is 1. The molecule has 0 aliphatic carbocycles. The molecule has 2 rings (SSSR count). The molecule has 2 N–H and O–H groups in total. The highest BCUT2D eigenvalue weighted by molar-refractivity contribution is 5.68. The minimum Gasteiger partial charge on any atom is -0.444 e. The number of aryl methyl sites for hydroxylation is 1. The number of hydrogen-bond acceptors (Lipinski definition) is 4. The molecule has 0 bridgehead atoms. The highest BCUT2D eigenvalue weighted by Gasteiger charge is 2.33. The van der Waals surface area contributed by atoms with E-state index in [1.807, 2.05) is 27.7 Å². The summed E-state index contributed by atoms with van der Waals surface area (Å²) in [6.45, 7) is 9.50. The quantitative estimate of drug-likeness (QED) is 0.861. The van der Waals surface area contributed by atoms with Crippen molar-refractivity contribution < 1.29 is 18.7 Å². The van der Waals surface area contributed by atoms with Crippen molar-refractivity contribution in [2.75, 3.05) is 26.2 Å². The number of ether oxygens (including phenoxy) is 2. The first kappa shape index (κ1) is 20.6. The van der Waals surface area contributed by atoms with Crippen LogP contribution in [0.25, 0.3) is 0 Å². The molecular weight excluding hydrogens is 335 g/mol. The van der Waals surface area contributed by atoms with Gasteiger partial charge in [-0.05, 0) is 63.8 Å². The van der Waals surface area contributed by atoms with Gasteiger partial charge in [0.15, 0.2) is 0 Å². The molecule has 1 aromatic rings. The lowest BCUT2D eigenvalue weighted by Gasteiger charge is -2.38. The molecule has 5 nitrogen and oxygen atoms in total. The number of hydrogen-bond donors (Lipinski definition) is 1. The summed E-state index contributed by atoms with van der Waals surface area (Å²) in [4.78, 5) is 14.2. The first-order chi connectivity index (χ1) is 12.2. The Morgan fingerprint density at radius 1 is 1.42 bits per heavy atom. The topological polar surface area (TPSA) is 64.8 Å². The van der Waals surface area contributed by atoms with Crippen LogP contribution in [0.5, 0.6) is 0 Å². The second kappa shape index (κ2) is 8.82. The number of amides is 1. The van der Waals surface area contributed by atoms with Crippen LogP contribution in [0.3, 0.4) is 0 Å². The van der Waals surface area contributed by atoms with Gasteiger partial charge in [0.1, 0.15) is 11.4 Å². The largest absolute Gasteiger partial charge is 0.444 e. The molecule has 1 aliphatic heterocycles. The van der Waals surface area contributed by atoms with Gasteiger partial charge in [0.2, 0.25) is 0 Å². The Morgan fingerprint density at radius 2 is 2.15 bits per heavy atom. The molecule has 146 valence electrons. The molecule has 1 aliphatic rings. The molecule has 2 atom stereocenters. The van der Waals surface area contributed by atoms with E-state index in [9.17, 15) is 9.18 Å². The van der Waals surface area contributed by atoms with Crippen molar-refractivity contribution in [1.82, 2.24) is 4.90 Å². The van der Waals surface area contributed by atoms with Crippen molar-refractivity contribution in [3.05, 3.63) is 35.1 Å². The number of nitrogens with zero attached hydrogens (tertiary/aromatic N) is 1. The Balaban J connectivity index is 2.19. The zero-order chi connectivity index (χ0) is 19.3. The Labute approximate surface area is 155 Å². The maximum Gasteiger partial charge on any atom is 0.410 e. The maximum atomic E-state index is 13.8. The minimum absolute atomic E-state index is 0.0725. The SMILES string of the molecule is Cc1ccc(F)cc1C(OCCN)C1CCCN(C(=O)OC(C)(C)C)C1. The van der Waals surface area contributed by atoms with E-state index in [-0.39, 0.29) is 23.9 Å². The second-order valence-corrected chi connectivity index (χ2v) is 7.91. The fraction of sp³-hybridized carbons (Fsp3) is 0.650. The monoisotopic (exact) mass is 366 g/mol. The van der Waals surface area contributed by atoms with Gasteiger partial charge in [-0.25, -0.2) is 9.18 Å². The Morgan fingerprint density at radius 3 is 2.81 bits per heavy atom. The van der Waals surface area contributed by atoms with Gasteiger partial charge < -0.3 is 20.1 Å². The maximum absolute atomic E-state index is 13.8. The molecule has 0 spiro atoms. The lowest BCUT2D eigenvalue weighted by molar-refractivity contribution is -0.0236. The third-order valence-electron chi connectivity index (χ3n) is 4.50. The number of rotatable bonds is 5. The van der Waals surface area contributed by atoms with Crippen LogP contribution in [0.15, 0.2) is 18.2 Å². The molecule has 2 unspecified atom stereocenters. The fourth-order valence-corrected chi connectivity index (χ4v) is 3.34. The van der Waals surface area contributed by atoms with Crippen molar-refractivity contribution in [2.45, 2.75) is 52.2 Å². The third kappa shape index (κ3) is 5.68. The average Bonchev–Trinajstić information content (AvgIpc) is 2.57. The van der Waals surface area contributed by atoms with Gasteiger partial charge in [-0.2, -0.15) is 0 Å². The molecule has 0 saturated carbocycles. The Kier molecular flexibility index (Phi) is 7.01. The molecule has 1 amide bonds. The van der Waals surface area contributed by atoms with E-state index >= 15 is 0 Å². The van der Waals surface area contributed by atoms with E-state index in [0.29, 0.717) is 26.2 Å². The van der Waals surface area contributed by atoms with E-state index in [4.69, 9.17) is 15.2 Å². The van der Waals surface area contributed by atoms with Gasteiger partial charge >= 0.3 is 6.09 Å². The zero-order valence-electron chi connectivity index (χ0n) is 16.3. The summed E-state index contributed by atoms with van der Waals surface area (Å²) in [5.41, 5.74) is 6.89. The molecular formula is C20H31FN2O3. The molecule has 1 saturated heterocycles. The van der Waals surface area contributed by atoms with E-state index in [2.05, 4.69) is 0 Å². The average molecular weight is 366 g/mol. The van der Waals surface area contributed by atoms with Crippen LogP contribution in [0.4, 0.5) is 9.18 Å². The predicted molar refractivity (Wildman–Crippen MR) is 99.4 cm³/mol. The summed E-state index contributed by atoms with van der Waals surface area (Å²) in [7, 11) is 0. The smallest absolute Gasteiger partial charge is 0.410 e. The standard InChI is InChI=1S/C20H31FN2O3/c1-14-7-8-16(21)12-17(14)18(25-11-9-22)15-6-5-10-23(13-15)19(24)26-20(2,3)4/h7-8,12,15,18H,5-6,9-11,13,22H2,1-4H3. The van der Waals surface area contributed by atoms with Crippen LogP contribution in [0.2, 0.25) is 0 Å². The van der Waals surface area contributed by atoms with Crippen molar-refractivity contribution in [1.29, 1.82) is 0 Å². The highest BCUT2D eigenvalue weighted by Crippen LogP contribution is 2.35. The van der Waals surface area contributed by atoms with Gasteiger partial charge in [0.25, 0.3) is 0 Å². The molecule has 26 heavy (non-hydrogen) atoms. The van der Waals surface area contributed by atoms with Gasteiger partial charge in [0.05, 0.1) is 12.7 Å². The zero-order valence-corrected chi connectivity index (χ0v) is 16.3. The van der Waals surface area contributed by atoms with Crippen molar-refractivity contribution in [2.24, 2.45) is 11.7 Å². The van der Waals surface area contributed by atoms with E-state index < -0.39 is 5.60 Å². The third-order valence-corrected chi connectivity index (χ3v) is 4.50. The van der Waals surface area contributed by atoms with Crippen LogP contribution in [-0.2, 0) is 9.47 Å². The summed E-state index contributed by atoms with van der Waals surface area (Å²) in [6, 6.07) is 4.74. The Bertz CT molecular complexity index is 616. The summed E-state index contributed by atoms with van der Waals surface area (Å²) >= 11 is 0. The summed E-state index contributed by atoms with van der Waals surface area (Å²) in [6.07, 6.45) is 1.17. The minimum atomic E-state index is -0.529. The van der Waals surface area contributed by atoms with Gasteiger partial charge in [0, 0.05) is 25.6 Å². The Hall–Kier alpha value is -1.66. The molecule has 1 aromatic carbocycles. The van der Waals surface area contributed by atoms with Crippen LogP contribution >= 0.6 is 0 Å². The van der Waals surface area contributed by atoms with E-state index in [1.54, 1.807) is 11.0 Å². The van der Waals surface area contributed by atoms with E-state index in [1.165, 1.54) is 12.1 Å². The molecule has 0 radical (unpaired) electrons. The van der Waals surface area contributed by atoms with Crippen LogP contribution in [-0.4, -0.2) is 42.8 Å². The number of piperidine rings is 1. The number of likely N-dealkylation sites (tertiary alicyclic amines) is 1. The van der Waals surface area contributed by atoms with Gasteiger partial charge in [-0.1, -0.05) is 6.07 Å². The predicted octanol–water partition coefficient (Wildman–Crippen LogP) is 3.80. The molecule has 0 aromatic heterocycles. The van der Waals surface area contributed by atoms with Crippen molar-refractivity contribution >= 4 is 6.09 Å². The summed E-state index contributed by atoms with van der Waals surface area (Å²) < 4.78 is 25.3. The number of nitrogens with two attached hydrogens (primary N) is 1. The highest BCUT2D eigenvalue weighted by atomic mass is 19.1. The van der Waals surface area contributed by atoms with E-state index in [0.717, 1.165) is 24.0 Å². The van der Waals surface area contributed by atoms with Gasteiger partial charge in [-0.15, -0.1) is 0 Å². The second-order valence-electron chi connectivity index (χ2n) is 7.91. The molecule has 1 fully saturated rings. The normalized spacial score (nSPS) is 19.3. The number of benzene rings is 1. The first-order valence-corrected chi connectivity index (χ1v) is 9.27. The van der Waals surface area contributed by atoms with Crippen LogP contribution in [0, 0.1) is 18.7 Å². The number of carbonyl (C=O) groups excluding carboxylic acids is 1. The summed E-state index contributed by atoms with van der Waals surface area (Å²) in [5.74, 6) is -0.213. The van der Waals surface area contributed by atoms with Crippen molar-refractivity contribution in [3.8, 4) is 0 Å². The van der Waals surface area contributed by atoms with Crippen LogP contribution < -0.4 is 5.73 Å². The number of halogens is 1. The first-order valence-electron chi connectivity index (χ1n) is 9.27. The van der Waals surface area contributed by atoms with Crippen molar-refractivity contribution in [3.63, 3.8) is 0 Å². The van der Waals surface area contributed by atoms with Crippen LogP contribution in [0.1, 0.15) is 50.8 Å². The lowest BCUT2D eigenvalue weighted by atomic mass is 9.86. The molecule has 1 heterocycles. The molecule has 6 heteroatoms. The van der Waals surface area contributed by atoms with Gasteiger partial charge in [-0.3, -0.25) is 0 Å². The lowest BCUT2D eigenvalue weighted by Crippen LogP contribution is -2.44. The summed E-state index contributed by atoms with van der Waals surface area (Å²) in [5, 5.41) is 0. The fourth-order valence-electron chi connectivity index (χ4n) is 3.34.